The molecule has 0 saturated carbocycles. The fourth-order valence-corrected chi connectivity index (χ4v) is 2.36. The first kappa shape index (κ1) is 13.8. The Bertz CT molecular complexity index is 363. The highest BCUT2D eigenvalue weighted by molar-refractivity contribution is 9.10. The molecule has 0 spiro atoms. The molecule has 0 amide bonds. The van der Waals surface area contributed by atoms with E-state index in [9.17, 15) is 4.39 Å². The number of hydrogen-bond acceptors (Lipinski definition) is 3. The Morgan fingerprint density at radius 3 is 2.83 bits per heavy atom. The van der Waals surface area contributed by atoms with Gasteiger partial charge < -0.3 is 9.47 Å². The fraction of sp³-hybridized carbons (Fsp3) is 0.538. The normalized spacial score (nSPS) is 16.8. The Kier molecular flexibility index (Phi) is 5.41. The summed E-state index contributed by atoms with van der Waals surface area (Å²) < 4.78 is 24.9. The number of morpholine rings is 1. The molecule has 0 bridgehead atoms. The van der Waals surface area contributed by atoms with E-state index in [4.69, 9.17) is 9.47 Å². The van der Waals surface area contributed by atoms with Crippen LogP contribution in [0.2, 0.25) is 0 Å². The standard InChI is InChI=1S/C13H17BrFNO2/c14-11-3-1-4-12(15)13(11)18-8-2-5-16-6-9-17-10-7-16/h1,3-4H,2,5-10H2. The topological polar surface area (TPSA) is 21.7 Å². The van der Waals surface area contributed by atoms with E-state index in [-0.39, 0.29) is 5.82 Å². The van der Waals surface area contributed by atoms with Crippen molar-refractivity contribution in [3.8, 4) is 5.75 Å². The summed E-state index contributed by atoms with van der Waals surface area (Å²) >= 11 is 3.28. The third kappa shape index (κ3) is 3.93. The summed E-state index contributed by atoms with van der Waals surface area (Å²) in [5.41, 5.74) is 0. The molecule has 5 heteroatoms. The van der Waals surface area contributed by atoms with Crippen molar-refractivity contribution < 1.29 is 13.9 Å². The second kappa shape index (κ2) is 7.07. The molecule has 0 aromatic heterocycles. The molecule has 1 aromatic rings. The highest BCUT2D eigenvalue weighted by atomic mass is 79.9. The van der Waals surface area contributed by atoms with Crippen LogP contribution in [-0.4, -0.2) is 44.4 Å². The van der Waals surface area contributed by atoms with Gasteiger partial charge in [-0.15, -0.1) is 0 Å². The van der Waals surface area contributed by atoms with Gasteiger partial charge in [0.2, 0.25) is 0 Å². The smallest absolute Gasteiger partial charge is 0.169 e. The van der Waals surface area contributed by atoms with Crippen LogP contribution in [0.3, 0.4) is 0 Å². The molecule has 0 radical (unpaired) electrons. The molecule has 1 aromatic carbocycles. The van der Waals surface area contributed by atoms with Crippen LogP contribution in [0.4, 0.5) is 4.39 Å². The summed E-state index contributed by atoms with van der Waals surface area (Å²) in [5.74, 6) is -0.0183. The van der Waals surface area contributed by atoms with Crippen molar-refractivity contribution in [2.45, 2.75) is 6.42 Å². The van der Waals surface area contributed by atoms with Crippen molar-refractivity contribution in [3.05, 3.63) is 28.5 Å². The largest absolute Gasteiger partial charge is 0.489 e. The van der Waals surface area contributed by atoms with Crippen LogP contribution in [-0.2, 0) is 4.74 Å². The Morgan fingerprint density at radius 1 is 1.33 bits per heavy atom. The van der Waals surface area contributed by atoms with Gasteiger partial charge in [-0.25, -0.2) is 4.39 Å². The molecule has 18 heavy (non-hydrogen) atoms. The lowest BCUT2D eigenvalue weighted by Gasteiger charge is -2.26. The van der Waals surface area contributed by atoms with Crippen molar-refractivity contribution in [2.75, 3.05) is 39.5 Å². The minimum atomic E-state index is -0.323. The van der Waals surface area contributed by atoms with Gasteiger partial charge in [0.05, 0.1) is 24.3 Å². The van der Waals surface area contributed by atoms with Gasteiger partial charge in [0, 0.05) is 19.6 Å². The number of hydrogen-bond donors (Lipinski definition) is 0. The van der Waals surface area contributed by atoms with Crippen molar-refractivity contribution in [2.24, 2.45) is 0 Å². The monoisotopic (exact) mass is 317 g/mol. The first-order valence-corrected chi connectivity index (χ1v) is 6.93. The second-order valence-electron chi connectivity index (χ2n) is 4.21. The molecule has 1 heterocycles. The van der Waals surface area contributed by atoms with E-state index in [1.807, 2.05) is 0 Å². The van der Waals surface area contributed by atoms with E-state index in [1.165, 1.54) is 6.07 Å². The van der Waals surface area contributed by atoms with E-state index in [1.54, 1.807) is 12.1 Å². The number of nitrogens with zero attached hydrogens (tertiary/aromatic N) is 1. The fourth-order valence-electron chi connectivity index (χ4n) is 1.91. The van der Waals surface area contributed by atoms with Gasteiger partial charge >= 0.3 is 0 Å². The zero-order valence-electron chi connectivity index (χ0n) is 10.2. The summed E-state index contributed by atoms with van der Waals surface area (Å²) in [6.45, 7) is 5.05. The molecule has 1 aliphatic rings. The summed E-state index contributed by atoms with van der Waals surface area (Å²) in [7, 11) is 0. The zero-order valence-corrected chi connectivity index (χ0v) is 11.8. The third-order valence-electron chi connectivity index (χ3n) is 2.89. The van der Waals surface area contributed by atoms with Crippen LogP contribution in [0.1, 0.15) is 6.42 Å². The van der Waals surface area contributed by atoms with E-state index in [0.29, 0.717) is 16.8 Å². The number of benzene rings is 1. The molecule has 1 aliphatic heterocycles. The minimum Gasteiger partial charge on any atom is -0.489 e. The van der Waals surface area contributed by atoms with E-state index < -0.39 is 0 Å². The maximum atomic E-state index is 13.5. The molecule has 1 saturated heterocycles. The van der Waals surface area contributed by atoms with Crippen LogP contribution in [0.5, 0.6) is 5.75 Å². The third-order valence-corrected chi connectivity index (χ3v) is 3.51. The molecule has 2 rings (SSSR count). The molecule has 1 fully saturated rings. The number of para-hydroxylation sites is 1. The number of ether oxygens (including phenoxy) is 2. The van der Waals surface area contributed by atoms with E-state index in [2.05, 4.69) is 20.8 Å². The molecule has 0 N–H and O–H groups in total. The lowest BCUT2D eigenvalue weighted by molar-refractivity contribution is 0.0357. The lowest BCUT2D eigenvalue weighted by Crippen LogP contribution is -2.37. The van der Waals surface area contributed by atoms with Gasteiger partial charge in [-0.1, -0.05) is 6.07 Å². The molecule has 0 aliphatic carbocycles. The summed E-state index contributed by atoms with van der Waals surface area (Å²) in [6, 6.07) is 4.84. The van der Waals surface area contributed by atoms with Gasteiger partial charge in [-0.3, -0.25) is 4.90 Å². The lowest BCUT2D eigenvalue weighted by atomic mass is 10.3. The highest BCUT2D eigenvalue weighted by Gasteiger charge is 2.10. The first-order chi connectivity index (χ1) is 8.77. The molecular formula is C13H17BrFNO2. The minimum absolute atomic E-state index is 0.305. The van der Waals surface area contributed by atoms with Gasteiger partial charge in [-0.05, 0) is 34.5 Å². The summed E-state index contributed by atoms with van der Waals surface area (Å²) in [4.78, 5) is 2.34. The molecule has 3 nitrogen and oxygen atoms in total. The number of halogens is 2. The van der Waals surface area contributed by atoms with Crippen LogP contribution in [0, 0.1) is 5.82 Å². The molecule has 0 atom stereocenters. The zero-order chi connectivity index (χ0) is 12.8. The molecule has 0 unspecified atom stereocenters. The SMILES string of the molecule is Fc1cccc(Br)c1OCCCN1CCOCC1. The predicted octanol–water partition coefficient (Wildman–Crippen LogP) is 2.69. The van der Waals surface area contributed by atoms with Crippen LogP contribution < -0.4 is 4.74 Å². The van der Waals surface area contributed by atoms with Gasteiger partial charge in [-0.2, -0.15) is 0 Å². The van der Waals surface area contributed by atoms with Gasteiger partial charge in [0.15, 0.2) is 11.6 Å². The van der Waals surface area contributed by atoms with E-state index in [0.717, 1.165) is 39.3 Å². The Morgan fingerprint density at radius 2 is 2.11 bits per heavy atom. The second-order valence-corrected chi connectivity index (χ2v) is 5.06. The van der Waals surface area contributed by atoms with Gasteiger partial charge in [0.25, 0.3) is 0 Å². The maximum Gasteiger partial charge on any atom is 0.169 e. The van der Waals surface area contributed by atoms with Crippen molar-refractivity contribution in [3.63, 3.8) is 0 Å². The average molecular weight is 318 g/mol. The van der Waals surface area contributed by atoms with Crippen molar-refractivity contribution >= 4 is 15.9 Å². The van der Waals surface area contributed by atoms with Gasteiger partial charge in [0.1, 0.15) is 0 Å². The highest BCUT2D eigenvalue weighted by Crippen LogP contribution is 2.27. The Balaban J connectivity index is 1.71. The predicted molar refractivity (Wildman–Crippen MR) is 71.5 cm³/mol. The first-order valence-electron chi connectivity index (χ1n) is 6.14. The van der Waals surface area contributed by atoms with Crippen LogP contribution in [0.15, 0.2) is 22.7 Å². The van der Waals surface area contributed by atoms with Crippen molar-refractivity contribution in [1.29, 1.82) is 0 Å². The van der Waals surface area contributed by atoms with Crippen molar-refractivity contribution in [1.82, 2.24) is 4.90 Å². The van der Waals surface area contributed by atoms with Crippen LogP contribution >= 0.6 is 15.9 Å². The molecule has 100 valence electrons. The Labute approximate surface area is 115 Å². The molecular weight excluding hydrogens is 301 g/mol. The van der Waals surface area contributed by atoms with E-state index >= 15 is 0 Å². The quantitative estimate of drug-likeness (QED) is 0.779. The maximum absolute atomic E-state index is 13.5. The van der Waals surface area contributed by atoms with Crippen LogP contribution in [0.25, 0.3) is 0 Å². The Hall–Kier alpha value is -0.650. The average Bonchev–Trinajstić information content (AvgIpc) is 2.38. The summed E-state index contributed by atoms with van der Waals surface area (Å²) in [5, 5.41) is 0. The summed E-state index contributed by atoms with van der Waals surface area (Å²) in [6.07, 6.45) is 0.890. The number of rotatable bonds is 5.